The van der Waals surface area contributed by atoms with Crippen LogP contribution in [0, 0.1) is 6.92 Å². The van der Waals surface area contributed by atoms with Gasteiger partial charge in [-0.1, -0.05) is 24.3 Å². The van der Waals surface area contributed by atoms with Gasteiger partial charge in [-0.2, -0.15) is 5.10 Å². The van der Waals surface area contributed by atoms with Crippen LogP contribution >= 0.6 is 0 Å². The first-order chi connectivity index (χ1) is 17.3. The van der Waals surface area contributed by atoms with Crippen LogP contribution in [0.2, 0.25) is 0 Å². The number of pyridine rings is 1. The largest absolute Gasteiger partial charge is 0.369 e. The van der Waals surface area contributed by atoms with Crippen molar-refractivity contribution >= 4 is 22.5 Å². The SMILES string of the molecule is Cc1ccc(N2CCN(C)[C@H](C)C2)cc1C(=O)N[C@H](C)c1cc(-c2ccn(C)n2)nc2ccccc12. The van der Waals surface area contributed by atoms with Gasteiger partial charge in [0.25, 0.3) is 5.91 Å². The van der Waals surface area contributed by atoms with Crippen molar-refractivity contribution in [3.8, 4) is 11.4 Å². The minimum Gasteiger partial charge on any atom is -0.369 e. The normalized spacial score (nSPS) is 17.4. The first-order valence-corrected chi connectivity index (χ1v) is 12.6. The Morgan fingerprint density at radius 3 is 2.61 bits per heavy atom. The molecule has 1 aliphatic heterocycles. The van der Waals surface area contributed by atoms with Crippen LogP contribution in [0.25, 0.3) is 22.3 Å². The monoisotopic (exact) mass is 482 g/mol. The Morgan fingerprint density at radius 2 is 1.86 bits per heavy atom. The summed E-state index contributed by atoms with van der Waals surface area (Å²) in [5.41, 5.74) is 6.31. The molecular formula is C29H34N6O. The Hall–Kier alpha value is -3.71. The van der Waals surface area contributed by atoms with Crippen molar-refractivity contribution in [3.05, 3.63) is 77.5 Å². The molecule has 3 heterocycles. The van der Waals surface area contributed by atoms with Crippen LogP contribution in [0.4, 0.5) is 5.69 Å². The fourth-order valence-electron chi connectivity index (χ4n) is 4.93. The van der Waals surface area contributed by atoms with Crippen molar-refractivity contribution in [2.45, 2.75) is 32.9 Å². The van der Waals surface area contributed by atoms with E-state index in [1.807, 2.05) is 63.5 Å². The van der Waals surface area contributed by atoms with Crippen LogP contribution in [-0.2, 0) is 7.05 Å². The summed E-state index contributed by atoms with van der Waals surface area (Å²) in [6.07, 6.45) is 1.91. The third-order valence-corrected chi connectivity index (χ3v) is 7.33. The lowest BCUT2D eigenvalue weighted by Crippen LogP contribution is -2.50. The zero-order chi connectivity index (χ0) is 25.4. The molecule has 1 fully saturated rings. The number of hydrogen-bond acceptors (Lipinski definition) is 5. The maximum absolute atomic E-state index is 13.5. The predicted octanol–water partition coefficient (Wildman–Crippen LogP) is 4.58. The van der Waals surface area contributed by atoms with Gasteiger partial charge in [-0.3, -0.25) is 9.48 Å². The molecule has 1 aliphatic rings. The van der Waals surface area contributed by atoms with Gasteiger partial charge >= 0.3 is 0 Å². The van der Waals surface area contributed by atoms with Crippen molar-refractivity contribution in [1.82, 2.24) is 25.0 Å². The number of hydrogen-bond donors (Lipinski definition) is 1. The van der Waals surface area contributed by atoms with E-state index in [4.69, 9.17) is 4.98 Å². The standard InChI is InChI=1S/C29H34N6O/c1-19-10-11-22(35-15-14-33(4)20(2)18-35)16-24(19)29(36)30-21(3)25-17-28(27-12-13-34(5)32-27)31-26-9-7-6-8-23(25)26/h6-13,16-17,20-21H,14-15,18H2,1-5H3,(H,30,36)/t20-,21-/m1/s1. The number of carbonyl (C=O) groups is 1. The molecule has 0 saturated carbocycles. The summed E-state index contributed by atoms with van der Waals surface area (Å²) in [6, 6.07) is 18.5. The van der Waals surface area contributed by atoms with E-state index in [1.165, 1.54) is 0 Å². The van der Waals surface area contributed by atoms with E-state index in [0.29, 0.717) is 11.6 Å². The molecule has 5 rings (SSSR count). The highest BCUT2D eigenvalue weighted by molar-refractivity contribution is 5.97. The number of nitrogens with zero attached hydrogens (tertiary/aromatic N) is 5. The minimum absolute atomic E-state index is 0.0655. The maximum Gasteiger partial charge on any atom is 0.252 e. The van der Waals surface area contributed by atoms with E-state index >= 15 is 0 Å². The van der Waals surface area contributed by atoms with Gasteiger partial charge in [0.1, 0.15) is 5.69 Å². The van der Waals surface area contributed by atoms with Crippen LogP contribution in [-0.4, -0.2) is 58.3 Å². The van der Waals surface area contributed by atoms with Crippen LogP contribution in [0.5, 0.6) is 0 Å². The number of likely N-dealkylation sites (N-methyl/N-ethyl adjacent to an activating group) is 1. The summed E-state index contributed by atoms with van der Waals surface area (Å²) < 4.78 is 1.77. The number of amides is 1. The molecule has 2 atom stereocenters. The van der Waals surface area contributed by atoms with Gasteiger partial charge < -0.3 is 15.1 Å². The van der Waals surface area contributed by atoms with E-state index in [-0.39, 0.29) is 11.9 Å². The number of piperazine rings is 1. The molecule has 0 radical (unpaired) electrons. The highest BCUT2D eigenvalue weighted by Crippen LogP contribution is 2.29. The molecule has 7 heteroatoms. The zero-order valence-electron chi connectivity index (χ0n) is 21.7. The highest BCUT2D eigenvalue weighted by atomic mass is 16.1. The lowest BCUT2D eigenvalue weighted by atomic mass is 10.00. The summed E-state index contributed by atoms with van der Waals surface area (Å²) in [7, 11) is 4.06. The van der Waals surface area contributed by atoms with E-state index in [2.05, 4.69) is 52.4 Å². The van der Waals surface area contributed by atoms with Crippen LogP contribution in [0.15, 0.2) is 60.8 Å². The third-order valence-electron chi connectivity index (χ3n) is 7.33. The van der Waals surface area contributed by atoms with Crippen molar-refractivity contribution in [2.75, 3.05) is 31.6 Å². The average Bonchev–Trinajstić information content (AvgIpc) is 3.31. The molecule has 186 valence electrons. The molecule has 0 unspecified atom stereocenters. The Morgan fingerprint density at radius 1 is 1.06 bits per heavy atom. The Labute approximate surface area is 212 Å². The van der Waals surface area contributed by atoms with Gasteiger partial charge in [-0.15, -0.1) is 0 Å². The van der Waals surface area contributed by atoms with E-state index in [0.717, 1.165) is 58.7 Å². The fraction of sp³-hybridized carbons (Fsp3) is 0.345. The Kier molecular flexibility index (Phi) is 6.49. The van der Waals surface area contributed by atoms with Crippen molar-refractivity contribution in [2.24, 2.45) is 7.05 Å². The minimum atomic E-state index is -0.209. The number of anilines is 1. The maximum atomic E-state index is 13.5. The van der Waals surface area contributed by atoms with Gasteiger partial charge in [-0.05, 0) is 69.3 Å². The first-order valence-electron chi connectivity index (χ1n) is 12.6. The van der Waals surface area contributed by atoms with Crippen LogP contribution < -0.4 is 10.2 Å². The van der Waals surface area contributed by atoms with Crippen LogP contribution in [0.1, 0.15) is 41.4 Å². The van der Waals surface area contributed by atoms with E-state index in [9.17, 15) is 4.79 Å². The average molecular weight is 483 g/mol. The fourth-order valence-corrected chi connectivity index (χ4v) is 4.93. The summed E-state index contributed by atoms with van der Waals surface area (Å²) >= 11 is 0. The number of fused-ring (bicyclic) bond motifs is 1. The van der Waals surface area contributed by atoms with Crippen molar-refractivity contribution < 1.29 is 4.79 Å². The van der Waals surface area contributed by atoms with Gasteiger partial charge in [-0.25, -0.2) is 4.98 Å². The molecule has 2 aromatic heterocycles. The van der Waals surface area contributed by atoms with Crippen molar-refractivity contribution in [1.29, 1.82) is 0 Å². The van der Waals surface area contributed by atoms with Gasteiger partial charge in [0.15, 0.2) is 0 Å². The first kappa shape index (κ1) is 24.0. The number of rotatable bonds is 5. The zero-order valence-corrected chi connectivity index (χ0v) is 21.7. The smallest absolute Gasteiger partial charge is 0.252 e. The lowest BCUT2D eigenvalue weighted by molar-refractivity contribution is 0.0939. The summed E-state index contributed by atoms with van der Waals surface area (Å²) in [5, 5.41) is 8.82. The second-order valence-electron chi connectivity index (χ2n) is 9.96. The van der Waals surface area contributed by atoms with E-state index < -0.39 is 0 Å². The molecule has 1 N–H and O–H groups in total. The molecule has 0 spiro atoms. The number of para-hydroxylation sites is 1. The third kappa shape index (κ3) is 4.71. The second kappa shape index (κ2) is 9.74. The summed E-state index contributed by atoms with van der Waals surface area (Å²) in [4.78, 5) is 23.1. The molecule has 1 saturated heterocycles. The number of aryl methyl sites for hydroxylation is 2. The molecule has 1 amide bonds. The molecule has 0 aliphatic carbocycles. The summed E-state index contributed by atoms with van der Waals surface area (Å²) in [6.45, 7) is 9.20. The van der Waals surface area contributed by atoms with Crippen LogP contribution in [0.3, 0.4) is 0 Å². The highest BCUT2D eigenvalue weighted by Gasteiger charge is 2.23. The Balaban J connectivity index is 1.43. The van der Waals surface area contributed by atoms with Gasteiger partial charge in [0.2, 0.25) is 0 Å². The molecule has 2 aromatic carbocycles. The Bertz CT molecular complexity index is 1410. The quantitative estimate of drug-likeness (QED) is 0.451. The molecule has 4 aromatic rings. The van der Waals surface area contributed by atoms with Gasteiger partial charge in [0, 0.05) is 55.6 Å². The number of benzene rings is 2. The predicted molar refractivity (Wildman–Crippen MR) is 145 cm³/mol. The molecule has 0 bridgehead atoms. The van der Waals surface area contributed by atoms with E-state index in [1.54, 1.807) is 4.68 Å². The second-order valence-corrected chi connectivity index (χ2v) is 9.96. The van der Waals surface area contributed by atoms with Crippen molar-refractivity contribution in [3.63, 3.8) is 0 Å². The topological polar surface area (TPSA) is 66.3 Å². The molecule has 36 heavy (non-hydrogen) atoms. The number of carbonyl (C=O) groups excluding carboxylic acids is 1. The lowest BCUT2D eigenvalue weighted by Gasteiger charge is -2.39. The molecular weight excluding hydrogens is 448 g/mol. The number of aromatic nitrogens is 3. The van der Waals surface area contributed by atoms with Gasteiger partial charge in [0.05, 0.1) is 17.3 Å². The number of nitrogens with one attached hydrogen (secondary N) is 1. The molecule has 7 nitrogen and oxygen atoms in total. The summed E-state index contributed by atoms with van der Waals surface area (Å²) in [5.74, 6) is -0.0655.